The highest BCUT2D eigenvalue weighted by molar-refractivity contribution is 8.01. The van der Waals surface area contributed by atoms with Crippen molar-refractivity contribution in [2.24, 2.45) is 0 Å². The third-order valence-corrected chi connectivity index (χ3v) is 4.96. The Morgan fingerprint density at radius 3 is 2.67 bits per heavy atom. The van der Waals surface area contributed by atoms with Crippen LogP contribution in [0.25, 0.3) is 11.3 Å². The van der Waals surface area contributed by atoms with Gasteiger partial charge < -0.3 is 17.0 Å². The van der Waals surface area contributed by atoms with Crippen LogP contribution in [0.2, 0.25) is 0 Å². The van der Waals surface area contributed by atoms with Gasteiger partial charge in [-0.05, 0) is 23.9 Å². The van der Waals surface area contributed by atoms with Gasteiger partial charge in [0, 0.05) is 17.7 Å². The van der Waals surface area contributed by atoms with Gasteiger partial charge in [0.05, 0.1) is 16.1 Å². The molecule has 0 amide bonds. The molecule has 0 bridgehead atoms. The van der Waals surface area contributed by atoms with Crippen LogP contribution >= 0.6 is 23.1 Å². The second kappa shape index (κ2) is 5.38. The van der Waals surface area contributed by atoms with E-state index in [9.17, 15) is 10.1 Å². The quantitative estimate of drug-likeness (QED) is 0.427. The van der Waals surface area contributed by atoms with Gasteiger partial charge in [0.2, 0.25) is 5.69 Å². The Labute approximate surface area is 123 Å². The first kappa shape index (κ1) is 13.5. The molecular formula is C11H9BrN2O2S2. The summed E-state index contributed by atoms with van der Waals surface area (Å²) in [6.45, 7) is 1.02. The maximum absolute atomic E-state index is 10.6. The minimum atomic E-state index is -0.370. The van der Waals surface area contributed by atoms with E-state index in [-0.39, 0.29) is 27.6 Å². The average Bonchev–Trinajstić information content (AvgIpc) is 2.90. The summed E-state index contributed by atoms with van der Waals surface area (Å²) in [4.78, 5) is 10.2. The lowest BCUT2D eigenvalue weighted by Crippen LogP contribution is -3.00. The van der Waals surface area contributed by atoms with Crippen molar-refractivity contribution in [1.29, 1.82) is 0 Å². The molecule has 4 nitrogen and oxygen atoms in total. The topological polar surface area (TPSA) is 47.0 Å². The number of thioether (sulfide) groups is 1. The van der Waals surface area contributed by atoms with Gasteiger partial charge in [-0.2, -0.15) is 4.57 Å². The highest BCUT2D eigenvalue weighted by atomic mass is 79.9. The van der Waals surface area contributed by atoms with E-state index in [0.717, 1.165) is 23.6 Å². The van der Waals surface area contributed by atoms with E-state index in [4.69, 9.17) is 0 Å². The monoisotopic (exact) mass is 344 g/mol. The number of fused-ring (bicyclic) bond motifs is 1. The third kappa shape index (κ3) is 2.30. The van der Waals surface area contributed by atoms with Crippen molar-refractivity contribution in [2.45, 2.75) is 10.9 Å². The van der Waals surface area contributed by atoms with Crippen molar-refractivity contribution in [3.05, 3.63) is 39.8 Å². The molecule has 1 aliphatic rings. The molecule has 0 spiro atoms. The molecule has 0 atom stereocenters. The molecule has 1 aromatic heterocycles. The predicted octanol–water partition coefficient (Wildman–Crippen LogP) is -0.280. The zero-order chi connectivity index (χ0) is 11.8. The van der Waals surface area contributed by atoms with Crippen molar-refractivity contribution in [2.75, 3.05) is 5.75 Å². The summed E-state index contributed by atoms with van der Waals surface area (Å²) in [6, 6.07) is 6.75. The molecule has 1 aromatic carbocycles. The van der Waals surface area contributed by atoms with Gasteiger partial charge in [-0.25, -0.2) is 0 Å². The number of benzene rings is 1. The molecule has 0 saturated carbocycles. The van der Waals surface area contributed by atoms with Gasteiger partial charge in [-0.3, -0.25) is 10.1 Å². The van der Waals surface area contributed by atoms with E-state index in [1.807, 2.05) is 23.9 Å². The summed E-state index contributed by atoms with van der Waals surface area (Å²) in [7, 11) is 0. The number of rotatable bonds is 2. The van der Waals surface area contributed by atoms with Crippen LogP contribution < -0.4 is 21.5 Å². The SMILES string of the molecule is O=[N+]([O-])c1ccc(-c2csc3[n+]2CCS3)cc1.[Br-]. The van der Waals surface area contributed by atoms with Gasteiger partial charge in [-0.1, -0.05) is 11.3 Å². The Kier molecular flexibility index (Phi) is 4.04. The second-order valence-corrected chi connectivity index (χ2v) is 5.89. The number of thiazole rings is 1. The lowest BCUT2D eigenvalue weighted by molar-refractivity contribution is -0.706. The van der Waals surface area contributed by atoms with E-state index in [1.165, 1.54) is 4.34 Å². The third-order valence-electron chi connectivity index (χ3n) is 2.70. The highest BCUT2D eigenvalue weighted by Gasteiger charge is 2.27. The molecule has 1 aliphatic heterocycles. The van der Waals surface area contributed by atoms with Crippen LogP contribution in [0.5, 0.6) is 0 Å². The summed E-state index contributed by atoms with van der Waals surface area (Å²) in [5.74, 6) is 1.12. The minimum absolute atomic E-state index is 0. The van der Waals surface area contributed by atoms with Gasteiger partial charge >= 0.3 is 0 Å². The molecule has 0 N–H and O–H groups in total. The van der Waals surface area contributed by atoms with Gasteiger partial charge in [0.15, 0.2) is 6.54 Å². The summed E-state index contributed by atoms with van der Waals surface area (Å²) < 4.78 is 3.59. The summed E-state index contributed by atoms with van der Waals surface area (Å²) in [5.41, 5.74) is 2.34. The van der Waals surface area contributed by atoms with E-state index in [2.05, 4.69) is 9.95 Å². The number of hydrogen-bond acceptors (Lipinski definition) is 4. The average molecular weight is 345 g/mol. The van der Waals surface area contributed by atoms with Crippen molar-refractivity contribution in [1.82, 2.24) is 0 Å². The summed E-state index contributed by atoms with van der Waals surface area (Å²) in [6.07, 6.45) is 0. The number of hydrogen-bond donors (Lipinski definition) is 0. The van der Waals surface area contributed by atoms with Crippen molar-refractivity contribution in [3.63, 3.8) is 0 Å². The molecule has 0 fully saturated rings. The first-order valence-electron chi connectivity index (χ1n) is 5.14. The number of aromatic nitrogens is 1. The lowest BCUT2D eigenvalue weighted by atomic mass is 10.1. The Hall–Kier alpha value is -0.920. The molecule has 7 heteroatoms. The molecule has 0 radical (unpaired) electrons. The standard InChI is InChI=1S/C11H9N2O2S2.BrH/c14-13(15)9-3-1-8(2-4-9)10-7-17-11-12(10)5-6-16-11;/h1-4,7H,5-6H2;1H/q+1;/p-1. The smallest absolute Gasteiger partial charge is 0.298 e. The maximum atomic E-state index is 10.6. The first-order valence-corrected chi connectivity index (χ1v) is 7.01. The Morgan fingerprint density at radius 1 is 1.28 bits per heavy atom. The Bertz CT molecular complexity index is 583. The normalized spacial score (nSPS) is 12.9. The first-order chi connectivity index (χ1) is 8.25. The fourth-order valence-electron chi connectivity index (χ4n) is 1.86. The van der Waals surface area contributed by atoms with Crippen molar-refractivity contribution < 1.29 is 26.5 Å². The molecule has 94 valence electrons. The van der Waals surface area contributed by atoms with E-state index < -0.39 is 0 Å². The molecular weight excluding hydrogens is 336 g/mol. The molecule has 2 aromatic rings. The van der Waals surface area contributed by atoms with Crippen molar-refractivity contribution in [3.8, 4) is 11.3 Å². The van der Waals surface area contributed by atoms with Crippen LogP contribution in [0.1, 0.15) is 0 Å². The van der Waals surface area contributed by atoms with Crippen LogP contribution in [-0.2, 0) is 6.54 Å². The second-order valence-electron chi connectivity index (χ2n) is 3.69. The molecule has 3 rings (SSSR count). The highest BCUT2D eigenvalue weighted by Crippen LogP contribution is 2.30. The zero-order valence-electron chi connectivity index (χ0n) is 9.21. The zero-order valence-corrected chi connectivity index (χ0v) is 12.4. The van der Waals surface area contributed by atoms with Crippen LogP contribution in [-0.4, -0.2) is 10.7 Å². The number of nitrogens with zero attached hydrogens (tertiary/aromatic N) is 2. The largest absolute Gasteiger partial charge is 1.00 e. The maximum Gasteiger partial charge on any atom is 0.298 e. The molecule has 0 aliphatic carbocycles. The van der Waals surface area contributed by atoms with Crippen LogP contribution in [0.4, 0.5) is 5.69 Å². The fraction of sp³-hybridized carbons (Fsp3) is 0.182. The summed E-state index contributed by atoms with van der Waals surface area (Å²) in [5, 5.41) is 12.7. The Balaban J connectivity index is 0.00000120. The molecule has 0 unspecified atom stereocenters. The molecule has 0 saturated heterocycles. The fourth-order valence-corrected chi connectivity index (χ4v) is 4.11. The van der Waals surface area contributed by atoms with Gasteiger partial charge in [-0.15, -0.1) is 0 Å². The van der Waals surface area contributed by atoms with E-state index in [0.29, 0.717) is 0 Å². The summed E-state index contributed by atoms with van der Waals surface area (Å²) >= 11 is 3.60. The van der Waals surface area contributed by atoms with Crippen LogP contribution in [0.3, 0.4) is 0 Å². The van der Waals surface area contributed by atoms with Crippen LogP contribution in [0.15, 0.2) is 34.0 Å². The minimum Gasteiger partial charge on any atom is -1.00 e. The number of non-ortho nitro benzene ring substituents is 1. The number of nitro groups is 1. The molecule has 18 heavy (non-hydrogen) atoms. The number of nitro benzene ring substituents is 1. The number of halogens is 1. The lowest BCUT2D eigenvalue weighted by Gasteiger charge is -1.96. The Morgan fingerprint density at radius 2 is 2.00 bits per heavy atom. The molecule has 2 heterocycles. The predicted molar refractivity (Wildman–Crippen MR) is 67.3 cm³/mol. The van der Waals surface area contributed by atoms with Crippen LogP contribution in [0, 0.1) is 10.1 Å². The van der Waals surface area contributed by atoms with Crippen molar-refractivity contribution >= 4 is 28.8 Å². The van der Waals surface area contributed by atoms with Gasteiger partial charge in [0.1, 0.15) is 0 Å². The van der Waals surface area contributed by atoms with E-state index in [1.54, 1.807) is 23.5 Å². The van der Waals surface area contributed by atoms with Gasteiger partial charge in [0.25, 0.3) is 10.0 Å². The van der Waals surface area contributed by atoms with E-state index >= 15 is 0 Å².